The fourth-order valence-electron chi connectivity index (χ4n) is 6.73. The van der Waals surface area contributed by atoms with Crippen LogP contribution in [0.15, 0.2) is 42.7 Å². The van der Waals surface area contributed by atoms with Crippen molar-refractivity contribution < 1.29 is 14.5 Å². The lowest BCUT2D eigenvalue weighted by atomic mass is 9.72. The van der Waals surface area contributed by atoms with E-state index in [0.717, 1.165) is 61.1 Å². The van der Waals surface area contributed by atoms with Gasteiger partial charge in [-0.15, -0.1) is 0 Å². The smallest absolute Gasteiger partial charge is 0.338 e. The zero-order valence-electron chi connectivity index (χ0n) is 24.0. The highest BCUT2D eigenvalue weighted by Crippen LogP contribution is 2.50. The van der Waals surface area contributed by atoms with Crippen molar-refractivity contribution in [1.29, 1.82) is 0 Å². The molecule has 1 aromatic heterocycles. The molecule has 3 heterocycles. The zero-order valence-corrected chi connectivity index (χ0v) is 24.8. The number of nitrogens with zero attached hydrogens (tertiary/aromatic N) is 4. The maximum Gasteiger partial charge on any atom is 0.338 e. The molecule has 0 amide bonds. The van der Waals surface area contributed by atoms with E-state index in [-0.39, 0.29) is 22.6 Å². The van der Waals surface area contributed by atoms with Gasteiger partial charge in [-0.1, -0.05) is 32.4 Å². The molecule has 42 heavy (non-hydrogen) atoms. The van der Waals surface area contributed by atoms with Gasteiger partial charge in [0.2, 0.25) is 0 Å². The molecule has 2 atom stereocenters. The third-order valence-electron chi connectivity index (χ3n) is 8.93. The number of piperidine rings is 1. The lowest BCUT2D eigenvalue weighted by molar-refractivity contribution is -0.384. The number of carbonyl (C=O) groups excluding carboxylic acids is 1. The highest BCUT2D eigenvalue weighted by Gasteiger charge is 2.45. The van der Waals surface area contributed by atoms with Crippen molar-refractivity contribution in [3.63, 3.8) is 0 Å². The monoisotopic (exact) mass is 590 g/mol. The maximum atomic E-state index is 12.9. The molecule has 0 bridgehead atoms. The number of rotatable bonds is 7. The van der Waals surface area contributed by atoms with Crippen LogP contribution in [0, 0.1) is 10.1 Å². The van der Waals surface area contributed by atoms with Gasteiger partial charge in [0.05, 0.1) is 16.2 Å². The number of anilines is 2. The Morgan fingerprint density at radius 2 is 1.95 bits per heavy atom. The van der Waals surface area contributed by atoms with Gasteiger partial charge in [0.1, 0.15) is 18.2 Å². The standard InChI is InChI=1S/C31H35ClN6O4/c1-18(2)33-15-22-23(32)8-9-24-27(22)31(16-34-24)10-12-37(13-11-31)29-26-19(3)14-25(28(26)35-17-36-29)42-30(39)20-4-6-21(7-5-20)38(40)41/h4-9,17-19,25,33-34H,10-16H2,1-3H3/t19-,25-/m1/s1. The van der Waals surface area contributed by atoms with Crippen LogP contribution in [0.4, 0.5) is 17.2 Å². The van der Waals surface area contributed by atoms with Crippen LogP contribution >= 0.6 is 11.6 Å². The number of hydrogen-bond acceptors (Lipinski definition) is 9. The van der Waals surface area contributed by atoms with E-state index < -0.39 is 17.0 Å². The lowest BCUT2D eigenvalue weighted by Crippen LogP contribution is -2.45. The van der Waals surface area contributed by atoms with Crippen LogP contribution in [0.1, 0.15) is 84.8 Å². The molecule has 0 radical (unpaired) electrons. The zero-order chi connectivity index (χ0) is 29.6. The van der Waals surface area contributed by atoms with E-state index in [1.54, 1.807) is 6.33 Å². The van der Waals surface area contributed by atoms with Gasteiger partial charge >= 0.3 is 5.97 Å². The number of nitro groups is 1. The molecule has 1 spiro atoms. The predicted octanol–water partition coefficient (Wildman–Crippen LogP) is 5.91. The topological polar surface area (TPSA) is 123 Å². The van der Waals surface area contributed by atoms with Crippen LogP contribution in [0.25, 0.3) is 0 Å². The van der Waals surface area contributed by atoms with Crippen molar-refractivity contribution in [2.24, 2.45) is 0 Å². The molecule has 11 heteroatoms. The molecule has 2 aromatic carbocycles. The fourth-order valence-corrected chi connectivity index (χ4v) is 6.96. The fraction of sp³-hybridized carbons (Fsp3) is 0.452. The molecular formula is C31H35ClN6O4. The molecule has 2 N–H and O–H groups in total. The first kappa shape index (κ1) is 28.4. The highest BCUT2D eigenvalue weighted by atomic mass is 35.5. The third-order valence-corrected chi connectivity index (χ3v) is 9.29. The largest absolute Gasteiger partial charge is 0.452 e. The van der Waals surface area contributed by atoms with E-state index in [2.05, 4.69) is 47.4 Å². The Labute approximate surface area is 250 Å². The quantitative estimate of drug-likeness (QED) is 0.196. The van der Waals surface area contributed by atoms with Crippen LogP contribution in [-0.4, -0.2) is 46.5 Å². The van der Waals surface area contributed by atoms with Crippen molar-refractivity contribution in [2.75, 3.05) is 29.9 Å². The van der Waals surface area contributed by atoms with E-state index in [0.29, 0.717) is 12.5 Å². The molecule has 1 fully saturated rings. The Bertz CT molecular complexity index is 1520. The molecule has 1 aliphatic carbocycles. The summed E-state index contributed by atoms with van der Waals surface area (Å²) in [4.78, 5) is 35.0. The summed E-state index contributed by atoms with van der Waals surface area (Å²) in [6, 6.07) is 9.92. The van der Waals surface area contributed by atoms with Crippen molar-refractivity contribution in [2.45, 2.75) is 70.1 Å². The van der Waals surface area contributed by atoms with Crippen LogP contribution in [-0.2, 0) is 16.7 Å². The molecule has 220 valence electrons. The Kier molecular flexibility index (Phi) is 7.53. The Morgan fingerprint density at radius 3 is 2.64 bits per heavy atom. The normalized spacial score (nSPS) is 20.4. The van der Waals surface area contributed by atoms with Gasteiger partial charge in [0.15, 0.2) is 0 Å². The molecule has 3 aliphatic rings. The number of ether oxygens (including phenoxy) is 1. The summed E-state index contributed by atoms with van der Waals surface area (Å²) in [6.07, 6.45) is 3.60. The van der Waals surface area contributed by atoms with Gasteiger partial charge in [0.25, 0.3) is 5.69 Å². The number of aromatic nitrogens is 2. The first-order chi connectivity index (χ1) is 20.2. The number of benzene rings is 2. The average molecular weight is 591 g/mol. The van der Waals surface area contributed by atoms with Crippen molar-refractivity contribution in [3.05, 3.63) is 85.8 Å². The van der Waals surface area contributed by atoms with E-state index in [1.165, 1.54) is 41.1 Å². The van der Waals surface area contributed by atoms with E-state index >= 15 is 0 Å². The second-order valence-corrected chi connectivity index (χ2v) is 12.3. The summed E-state index contributed by atoms with van der Waals surface area (Å²) in [5.74, 6) is 0.502. The lowest BCUT2D eigenvalue weighted by Gasteiger charge is -2.41. The van der Waals surface area contributed by atoms with Gasteiger partial charge in [-0.25, -0.2) is 14.8 Å². The first-order valence-electron chi connectivity index (χ1n) is 14.5. The molecular weight excluding hydrogens is 556 g/mol. The van der Waals surface area contributed by atoms with Gasteiger partial charge in [-0.2, -0.15) is 0 Å². The number of fused-ring (bicyclic) bond motifs is 3. The summed E-state index contributed by atoms with van der Waals surface area (Å²) >= 11 is 6.75. The van der Waals surface area contributed by atoms with E-state index in [1.807, 2.05) is 6.07 Å². The average Bonchev–Trinajstić information content (AvgIpc) is 3.50. The Morgan fingerprint density at radius 1 is 1.21 bits per heavy atom. The molecule has 2 aliphatic heterocycles. The summed E-state index contributed by atoms with van der Waals surface area (Å²) in [7, 11) is 0. The number of non-ortho nitro benzene ring substituents is 1. The maximum absolute atomic E-state index is 12.9. The minimum atomic E-state index is -0.524. The SMILES string of the molecule is CC(C)NCc1c(Cl)ccc2c1C1(CCN(c3ncnc4c3[C@H](C)C[C@H]4OC(=O)c3ccc([N+](=O)[O-])cc3)CC1)CN2. The van der Waals surface area contributed by atoms with Crippen LogP contribution in [0.3, 0.4) is 0 Å². The van der Waals surface area contributed by atoms with Gasteiger partial charge in [0, 0.05) is 66.0 Å². The highest BCUT2D eigenvalue weighted by molar-refractivity contribution is 6.31. The minimum absolute atomic E-state index is 0.00929. The Balaban J connectivity index is 1.20. The van der Waals surface area contributed by atoms with Crippen LogP contribution < -0.4 is 15.5 Å². The predicted molar refractivity (Wildman–Crippen MR) is 161 cm³/mol. The van der Waals surface area contributed by atoms with Crippen molar-refractivity contribution in [1.82, 2.24) is 15.3 Å². The second kappa shape index (κ2) is 11.1. The number of esters is 1. The van der Waals surface area contributed by atoms with E-state index in [4.69, 9.17) is 21.3 Å². The Hall–Kier alpha value is -3.76. The third kappa shape index (κ3) is 5.07. The molecule has 0 unspecified atom stereocenters. The van der Waals surface area contributed by atoms with E-state index in [9.17, 15) is 14.9 Å². The summed E-state index contributed by atoms with van der Waals surface area (Å²) in [5, 5.41) is 19.0. The van der Waals surface area contributed by atoms with Crippen molar-refractivity contribution >= 4 is 34.8 Å². The number of hydrogen-bond donors (Lipinski definition) is 2. The second-order valence-electron chi connectivity index (χ2n) is 11.9. The number of carbonyl (C=O) groups is 1. The summed E-state index contributed by atoms with van der Waals surface area (Å²) in [5.41, 5.74) is 5.70. The summed E-state index contributed by atoms with van der Waals surface area (Å²) in [6.45, 7) is 9.72. The first-order valence-corrected chi connectivity index (χ1v) is 14.9. The molecule has 3 aromatic rings. The minimum Gasteiger partial charge on any atom is -0.452 e. The van der Waals surface area contributed by atoms with Gasteiger partial charge in [-0.05, 0) is 60.6 Å². The number of nitro benzene ring substituents is 1. The summed E-state index contributed by atoms with van der Waals surface area (Å²) < 4.78 is 5.87. The van der Waals surface area contributed by atoms with Crippen LogP contribution in [0.2, 0.25) is 5.02 Å². The molecule has 1 saturated heterocycles. The van der Waals surface area contributed by atoms with Crippen molar-refractivity contribution in [3.8, 4) is 0 Å². The van der Waals surface area contributed by atoms with Gasteiger partial charge in [-0.3, -0.25) is 10.1 Å². The number of halogens is 1. The molecule has 0 saturated carbocycles. The molecule has 6 rings (SSSR count). The van der Waals surface area contributed by atoms with Gasteiger partial charge < -0.3 is 20.3 Å². The number of nitrogens with one attached hydrogen (secondary N) is 2. The van der Waals surface area contributed by atoms with Crippen LogP contribution in [0.5, 0.6) is 0 Å². The molecule has 10 nitrogen and oxygen atoms in total.